The fourth-order valence-corrected chi connectivity index (χ4v) is 3.86. The minimum atomic E-state index is -1.31. The molecule has 1 heterocycles. The number of hydrogen-bond donors (Lipinski definition) is 0. The lowest BCUT2D eigenvalue weighted by Gasteiger charge is -2.19. The van der Waals surface area contributed by atoms with Gasteiger partial charge in [-0.2, -0.15) is 0 Å². The van der Waals surface area contributed by atoms with Gasteiger partial charge in [-0.15, -0.1) is 0 Å². The predicted molar refractivity (Wildman–Crippen MR) is 55.2 cm³/mol. The Balaban J connectivity index is 1.64. The summed E-state index contributed by atoms with van der Waals surface area (Å²) in [7, 11) is 3.53. The first kappa shape index (κ1) is 10.9. The SMILES string of the molecule is C[O][Al]([CH2]CC1CCC2OC2C1)[O]C. The number of ether oxygens (including phenoxy) is 1. The van der Waals surface area contributed by atoms with Crippen LogP contribution < -0.4 is 0 Å². The Morgan fingerprint density at radius 3 is 2.64 bits per heavy atom. The largest absolute Gasteiger partial charge is 0.674 e. The van der Waals surface area contributed by atoms with Crippen LogP contribution in [0.15, 0.2) is 0 Å². The van der Waals surface area contributed by atoms with Crippen molar-refractivity contribution >= 4 is 14.8 Å². The first-order valence-corrected chi connectivity index (χ1v) is 7.30. The lowest BCUT2D eigenvalue weighted by Crippen LogP contribution is -2.21. The van der Waals surface area contributed by atoms with Crippen molar-refractivity contribution in [3.8, 4) is 0 Å². The molecule has 80 valence electrons. The summed E-state index contributed by atoms with van der Waals surface area (Å²) in [5, 5.41) is 1.15. The van der Waals surface area contributed by atoms with Crippen molar-refractivity contribution in [1.82, 2.24) is 0 Å². The third-order valence-electron chi connectivity index (χ3n) is 3.45. The topological polar surface area (TPSA) is 31.0 Å². The minimum Gasteiger partial charge on any atom is -0.481 e. The molecular weight excluding hydrogens is 195 g/mol. The van der Waals surface area contributed by atoms with Gasteiger partial charge in [0.25, 0.3) is 0 Å². The molecule has 3 nitrogen and oxygen atoms in total. The second-order valence-electron chi connectivity index (χ2n) is 4.37. The van der Waals surface area contributed by atoms with E-state index >= 15 is 0 Å². The zero-order chi connectivity index (χ0) is 9.97. The number of rotatable bonds is 5. The molecule has 4 heteroatoms. The van der Waals surface area contributed by atoms with Crippen LogP contribution in [-0.4, -0.2) is 41.2 Å². The maximum atomic E-state index is 5.52. The molecule has 3 atom stereocenters. The molecule has 2 fully saturated rings. The molecule has 0 aromatic heterocycles. The Morgan fingerprint density at radius 1 is 1.21 bits per heavy atom. The number of epoxide rings is 1. The first-order chi connectivity index (χ1) is 6.83. The van der Waals surface area contributed by atoms with Gasteiger partial charge in [0.15, 0.2) is 0 Å². The van der Waals surface area contributed by atoms with E-state index in [2.05, 4.69) is 0 Å². The highest BCUT2D eigenvalue weighted by molar-refractivity contribution is 6.44. The first-order valence-electron chi connectivity index (χ1n) is 5.54. The minimum absolute atomic E-state index is 0.610. The molecule has 1 aliphatic heterocycles. The van der Waals surface area contributed by atoms with E-state index in [0.29, 0.717) is 12.2 Å². The molecule has 0 N–H and O–H groups in total. The van der Waals surface area contributed by atoms with Gasteiger partial charge in [-0.25, -0.2) is 0 Å². The van der Waals surface area contributed by atoms with Gasteiger partial charge in [-0.1, -0.05) is 6.42 Å². The van der Waals surface area contributed by atoms with Crippen LogP contribution in [0, 0.1) is 5.92 Å². The van der Waals surface area contributed by atoms with Crippen molar-refractivity contribution < 1.29 is 12.3 Å². The van der Waals surface area contributed by atoms with Gasteiger partial charge in [0.2, 0.25) is 0 Å². The lowest BCUT2D eigenvalue weighted by atomic mass is 9.88. The van der Waals surface area contributed by atoms with Crippen molar-refractivity contribution in [2.45, 2.75) is 43.2 Å². The average Bonchev–Trinajstić information content (AvgIpc) is 2.97. The lowest BCUT2D eigenvalue weighted by molar-refractivity contribution is 0.269. The van der Waals surface area contributed by atoms with Crippen LogP contribution in [0.3, 0.4) is 0 Å². The summed E-state index contributed by atoms with van der Waals surface area (Å²) in [6.45, 7) is 0. The number of fused-ring (bicyclic) bond motifs is 1. The predicted octanol–water partition coefficient (Wildman–Crippen LogP) is 1.72. The highest BCUT2D eigenvalue weighted by atomic mass is 27.2. The molecule has 0 radical (unpaired) electrons. The van der Waals surface area contributed by atoms with Crippen molar-refractivity contribution in [2.24, 2.45) is 5.92 Å². The maximum Gasteiger partial charge on any atom is 0.674 e. The molecule has 0 bridgehead atoms. The normalized spacial score (nSPS) is 35.1. The summed E-state index contributed by atoms with van der Waals surface area (Å²) in [5.74, 6) is 0.860. The highest BCUT2D eigenvalue weighted by Crippen LogP contribution is 2.41. The highest BCUT2D eigenvalue weighted by Gasteiger charge is 2.43. The van der Waals surface area contributed by atoms with Crippen LogP contribution in [0.4, 0.5) is 0 Å². The summed E-state index contributed by atoms with van der Waals surface area (Å²) in [6, 6.07) is 0. The van der Waals surface area contributed by atoms with Gasteiger partial charge >= 0.3 is 14.8 Å². The molecule has 0 spiro atoms. The van der Waals surface area contributed by atoms with Gasteiger partial charge < -0.3 is 12.3 Å². The van der Waals surface area contributed by atoms with Crippen LogP contribution in [-0.2, 0) is 12.3 Å². The molecule has 0 amide bonds. The van der Waals surface area contributed by atoms with Crippen molar-refractivity contribution in [2.75, 3.05) is 14.2 Å². The quantitative estimate of drug-likeness (QED) is 0.516. The molecule has 1 saturated carbocycles. The standard InChI is InChI=1S/C8H13O.2CH3O.Al/c1-2-6-3-4-7-8(5-6)9-7;2*1-2;/h6-8H,1-5H2;2*1H3;/q;2*-1;+2. The molecule has 0 aromatic rings. The Bertz CT molecular complexity index is 184. The second-order valence-corrected chi connectivity index (χ2v) is 6.75. The van der Waals surface area contributed by atoms with E-state index < -0.39 is 14.8 Å². The Kier molecular flexibility index (Phi) is 3.87. The summed E-state index contributed by atoms with van der Waals surface area (Å²) in [5.41, 5.74) is 0. The fraction of sp³-hybridized carbons (Fsp3) is 1.00. The van der Waals surface area contributed by atoms with Crippen LogP contribution in [0.5, 0.6) is 0 Å². The van der Waals surface area contributed by atoms with Gasteiger partial charge in [0.1, 0.15) is 0 Å². The van der Waals surface area contributed by atoms with Crippen molar-refractivity contribution in [3.63, 3.8) is 0 Å². The maximum absolute atomic E-state index is 5.52. The molecule has 14 heavy (non-hydrogen) atoms. The zero-order valence-corrected chi connectivity index (χ0v) is 10.2. The van der Waals surface area contributed by atoms with Crippen LogP contribution in [0.2, 0.25) is 5.28 Å². The van der Waals surface area contributed by atoms with E-state index in [1.807, 2.05) is 0 Å². The third kappa shape index (κ3) is 2.71. The van der Waals surface area contributed by atoms with Gasteiger partial charge in [0, 0.05) is 14.2 Å². The summed E-state index contributed by atoms with van der Waals surface area (Å²) < 4.78 is 16.1. The van der Waals surface area contributed by atoms with E-state index in [1.54, 1.807) is 14.2 Å². The molecule has 3 unspecified atom stereocenters. The number of hydrogen-bond acceptors (Lipinski definition) is 3. The van der Waals surface area contributed by atoms with Crippen LogP contribution in [0.1, 0.15) is 25.7 Å². The summed E-state index contributed by atoms with van der Waals surface area (Å²) in [4.78, 5) is 0. The van der Waals surface area contributed by atoms with E-state index in [1.165, 1.54) is 25.7 Å². The Hall–Kier alpha value is 0.412. The molecular formula is C10H19AlO3. The van der Waals surface area contributed by atoms with Crippen molar-refractivity contribution in [1.29, 1.82) is 0 Å². The van der Waals surface area contributed by atoms with E-state index in [4.69, 9.17) is 12.3 Å². The molecule has 1 aliphatic carbocycles. The fourth-order valence-electron chi connectivity index (χ4n) is 2.45. The molecule has 2 aliphatic rings. The smallest absolute Gasteiger partial charge is 0.481 e. The van der Waals surface area contributed by atoms with Gasteiger partial charge in [-0.3, -0.25) is 0 Å². The van der Waals surface area contributed by atoms with E-state index in [9.17, 15) is 0 Å². The zero-order valence-electron chi connectivity index (χ0n) is 9.07. The van der Waals surface area contributed by atoms with Gasteiger partial charge in [0.05, 0.1) is 12.2 Å². The summed E-state index contributed by atoms with van der Waals surface area (Å²) >= 11 is -1.31. The van der Waals surface area contributed by atoms with Crippen LogP contribution >= 0.6 is 0 Å². The summed E-state index contributed by atoms with van der Waals surface area (Å²) in [6.07, 6.45) is 6.41. The van der Waals surface area contributed by atoms with Gasteiger partial charge in [-0.05, 0) is 30.5 Å². The average molecular weight is 214 g/mol. The van der Waals surface area contributed by atoms with Crippen molar-refractivity contribution in [3.05, 3.63) is 0 Å². The molecule has 0 aromatic carbocycles. The molecule has 1 saturated heterocycles. The molecule has 2 rings (SSSR count). The Labute approximate surface area is 90.8 Å². The Morgan fingerprint density at radius 2 is 2.00 bits per heavy atom. The monoisotopic (exact) mass is 214 g/mol. The van der Waals surface area contributed by atoms with Crippen LogP contribution in [0.25, 0.3) is 0 Å². The third-order valence-corrected chi connectivity index (χ3v) is 5.31. The van der Waals surface area contributed by atoms with E-state index in [-0.39, 0.29) is 0 Å². The van der Waals surface area contributed by atoms with E-state index in [0.717, 1.165) is 11.2 Å². The second kappa shape index (κ2) is 4.96.